The van der Waals surface area contributed by atoms with Gasteiger partial charge in [0.2, 0.25) is 0 Å². The second-order valence-electron chi connectivity index (χ2n) is 3.03. The van der Waals surface area contributed by atoms with Crippen molar-refractivity contribution in [3.63, 3.8) is 0 Å². The number of alkyl halides is 3. The first kappa shape index (κ1) is 12.9. The molecular formula is C10H9ClF3NO. The maximum absolute atomic E-state index is 12.3. The standard InChI is InChI=1S/C10H9ClF3NO/c11-8-4-6(10(12,13)14)5-9(16)7(8)2-1-3-15/h1-2,4-5,16H,3,15H2/b2-1+. The Kier molecular flexibility index (Phi) is 3.83. The van der Waals surface area contributed by atoms with Gasteiger partial charge < -0.3 is 10.8 Å². The van der Waals surface area contributed by atoms with Gasteiger partial charge in [0.05, 0.1) is 10.6 Å². The van der Waals surface area contributed by atoms with E-state index in [0.717, 1.165) is 6.07 Å². The molecule has 0 saturated heterocycles. The third kappa shape index (κ3) is 2.90. The zero-order valence-corrected chi connectivity index (χ0v) is 8.81. The smallest absolute Gasteiger partial charge is 0.416 e. The van der Waals surface area contributed by atoms with Crippen molar-refractivity contribution in [1.82, 2.24) is 0 Å². The van der Waals surface area contributed by atoms with Crippen LogP contribution in [0.15, 0.2) is 18.2 Å². The van der Waals surface area contributed by atoms with E-state index in [-0.39, 0.29) is 17.1 Å². The molecule has 0 fully saturated rings. The lowest BCUT2D eigenvalue weighted by Crippen LogP contribution is -2.05. The molecule has 1 aromatic carbocycles. The summed E-state index contributed by atoms with van der Waals surface area (Å²) in [7, 11) is 0. The molecule has 0 aliphatic carbocycles. The highest BCUT2D eigenvalue weighted by molar-refractivity contribution is 6.32. The SMILES string of the molecule is NC/C=C/c1c(O)cc(C(F)(F)F)cc1Cl. The highest BCUT2D eigenvalue weighted by Gasteiger charge is 2.31. The molecule has 0 spiro atoms. The zero-order chi connectivity index (χ0) is 12.3. The van der Waals surface area contributed by atoms with E-state index < -0.39 is 17.5 Å². The van der Waals surface area contributed by atoms with Crippen LogP contribution in [0.25, 0.3) is 6.08 Å². The number of rotatable bonds is 2. The van der Waals surface area contributed by atoms with E-state index in [1.165, 1.54) is 12.2 Å². The van der Waals surface area contributed by atoms with Gasteiger partial charge in [0.15, 0.2) is 0 Å². The Bertz CT molecular complexity index is 392. The van der Waals surface area contributed by atoms with E-state index >= 15 is 0 Å². The minimum Gasteiger partial charge on any atom is -0.507 e. The van der Waals surface area contributed by atoms with Crippen molar-refractivity contribution in [2.24, 2.45) is 5.73 Å². The van der Waals surface area contributed by atoms with Gasteiger partial charge in [0, 0.05) is 12.1 Å². The Morgan fingerprint density at radius 1 is 1.38 bits per heavy atom. The Morgan fingerprint density at radius 2 is 2.00 bits per heavy atom. The van der Waals surface area contributed by atoms with Gasteiger partial charge in [-0.1, -0.05) is 23.8 Å². The van der Waals surface area contributed by atoms with Crippen LogP contribution < -0.4 is 5.73 Å². The number of halogens is 4. The van der Waals surface area contributed by atoms with Crippen molar-refractivity contribution in [2.45, 2.75) is 6.18 Å². The van der Waals surface area contributed by atoms with E-state index in [9.17, 15) is 18.3 Å². The number of phenolic OH excluding ortho intramolecular Hbond substituents is 1. The average Bonchev–Trinajstić information content (AvgIpc) is 2.15. The monoisotopic (exact) mass is 251 g/mol. The van der Waals surface area contributed by atoms with Crippen molar-refractivity contribution in [2.75, 3.05) is 6.54 Å². The Hall–Kier alpha value is -1.20. The predicted molar refractivity (Wildman–Crippen MR) is 56.2 cm³/mol. The fourth-order valence-electron chi connectivity index (χ4n) is 1.12. The van der Waals surface area contributed by atoms with Gasteiger partial charge in [-0.25, -0.2) is 0 Å². The molecule has 0 aromatic heterocycles. The number of phenols is 1. The minimum absolute atomic E-state index is 0.125. The summed E-state index contributed by atoms with van der Waals surface area (Å²) in [6, 6.07) is 1.39. The van der Waals surface area contributed by atoms with E-state index in [4.69, 9.17) is 17.3 Å². The maximum atomic E-state index is 12.3. The lowest BCUT2D eigenvalue weighted by molar-refractivity contribution is -0.137. The van der Waals surface area contributed by atoms with Gasteiger partial charge >= 0.3 is 6.18 Å². The van der Waals surface area contributed by atoms with Crippen molar-refractivity contribution >= 4 is 17.7 Å². The molecule has 3 N–H and O–H groups in total. The molecule has 88 valence electrons. The van der Waals surface area contributed by atoms with Gasteiger partial charge in [0.1, 0.15) is 5.75 Å². The maximum Gasteiger partial charge on any atom is 0.416 e. The largest absolute Gasteiger partial charge is 0.507 e. The molecule has 1 rings (SSSR count). The molecule has 6 heteroatoms. The summed E-state index contributed by atoms with van der Waals surface area (Å²) in [6.45, 7) is 0.205. The summed E-state index contributed by atoms with van der Waals surface area (Å²) in [4.78, 5) is 0. The van der Waals surface area contributed by atoms with Crippen LogP contribution in [-0.4, -0.2) is 11.7 Å². The molecule has 16 heavy (non-hydrogen) atoms. The quantitative estimate of drug-likeness (QED) is 0.849. The van der Waals surface area contributed by atoms with E-state index in [1.54, 1.807) is 0 Å². The molecular weight excluding hydrogens is 243 g/mol. The highest BCUT2D eigenvalue weighted by Crippen LogP contribution is 2.36. The summed E-state index contributed by atoms with van der Waals surface area (Å²) in [5, 5.41) is 9.22. The molecule has 0 saturated carbocycles. The Morgan fingerprint density at radius 3 is 2.44 bits per heavy atom. The predicted octanol–water partition coefficient (Wildman–Crippen LogP) is 3.04. The molecule has 0 atom stereocenters. The van der Waals surface area contributed by atoms with Crippen LogP contribution in [0.2, 0.25) is 5.02 Å². The minimum atomic E-state index is -4.53. The van der Waals surface area contributed by atoms with Crippen molar-refractivity contribution in [3.05, 3.63) is 34.4 Å². The molecule has 2 nitrogen and oxygen atoms in total. The van der Waals surface area contributed by atoms with Crippen LogP contribution >= 0.6 is 11.6 Å². The first-order valence-corrected chi connectivity index (χ1v) is 4.70. The average molecular weight is 252 g/mol. The van der Waals surface area contributed by atoms with Crippen LogP contribution in [0.1, 0.15) is 11.1 Å². The van der Waals surface area contributed by atoms with Crippen molar-refractivity contribution < 1.29 is 18.3 Å². The van der Waals surface area contributed by atoms with Gasteiger partial charge in [-0.3, -0.25) is 0 Å². The fraction of sp³-hybridized carbons (Fsp3) is 0.200. The summed E-state index contributed by atoms with van der Waals surface area (Å²) in [5.41, 5.74) is 4.32. The lowest BCUT2D eigenvalue weighted by atomic mass is 10.1. The number of aromatic hydroxyl groups is 1. The zero-order valence-electron chi connectivity index (χ0n) is 8.05. The van der Waals surface area contributed by atoms with Gasteiger partial charge in [-0.2, -0.15) is 13.2 Å². The number of nitrogens with two attached hydrogens (primary N) is 1. The van der Waals surface area contributed by atoms with E-state index in [2.05, 4.69) is 0 Å². The Labute approximate surface area is 95.1 Å². The molecule has 0 bridgehead atoms. The molecule has 0 aliphatic heterocycles. The first-order chi connectivity index (χ1) is 7.36. The van der Waals surface area contributed by atoms with Crippen LogP contribution in [0.3, 0.4) is 0 Å². The number of benzene rings is 1. The molecule has 0 heterocycles. The van der Waals surface area contributed by atoms with Gasteiger partial charge in [0.25, 0.3) is 0 Å². The summed E-state index contributed by atoms with van der Waals surface area (Å²) < 4.78 is 37.0. The molecule has 0 unspecified atom stereocenters. The van der Waals surface area contributed by atoms with E-state index in [0.29, 0.717) is 6.07 Å². The lowest BCUT2D eigenvalue weighted by Gasteiger charge is -2.10. The van der Waals surface area contributed by atoms with Gasteiger partial charge in [-0.15, -0.1) is 0 Å². The normalized spacial score (nSPS) is 12.3. The van der Waals surface area contributed by atoms with Crippen LogP contribution in [0.5, 0.6) is 5.75 Å². The summed E-state index contributed by atoms with van der Waals surface area (Å²) >= 11 is 5.62. The third-order valence-electron chi connectivity index (χ3n) is 1.86. The van der Waals surface area contributed by atoms with Crippen LogP contribution in [-0.2, 0) is 6.18 Å². The summed E-state index contributed by atoms with van der Waals surface area (Å²) in [6.07, 6.45) is -1.68. The molecule has 0 radical (unpaired) electrons. The van der Waals surface area contributed by atoms with E-state index in [1.807, 2.05) is 0 Å². The second kappa shape index (κ2) is 4.76. The second-order valence-corrected chi connectivity index (χ2v) is 3.43. The molecule has 1 aromatic rings. The number of hydrogen-bond acceptors (Lipinski definition) is 2. The van der Waals surface area contributed by atoms with Gasteiger partial charge in [-0.05, 0) is 12.1 Å². The van der Waals surface area contributed by atoms with Crippen molar-refractivity contribution in [1.29, 1.82) is 0 Å². The Balaban J connectivity index is 3.23. The third-order valence-corrected chi connectivity index (χ3v) is 2.17. The first-order valence-electron chi connectivity index (χ1n) is 4.32. The summed E-state index contributed by atoms with van der Waals surface area (Å²) in [5.74, 6) is -0.524. The molecule has 0 aliphatic rings. The topological polar surface area (TPSA) is 46.2 Å². The molecule has 0 amide bonds. The number of hydrogen-bond donors (Lipinski definition) is 2. The van der Waals surface area contributed by atoms with Crippen LogP contribution in [0.4, 0.5) is 13.2 Å². The fourth-order valence-corrected chi connectivity index (χ4v) is 1.40. The highest BCUT2D eigenvalue weighted by atomic mass is 35.5. The van der Waals surface area contributed by atoms with Crippen LogP contribution in [0, 0.1) is 0 Å². The van der Waals surface area contributed by atoms with Crippen molar-refractivity contribution in [3.8, 4) is 5.75 Å².